The predicted octanol–water partition coefficient (Wildman–Crippen LogP) is 5.59. The van der Waals surface area contributed by atoms with E-state index in [2.05, 4.69) is 15.7 Å². The first kappa shape index (κ1) is 30.1. The smallest absolute Gasteiger partial charge is 0.279 e. The van der Waals surface area contributed by atoms with Gasteiger partial charge < -0.3 is 23.9 Å². The van der Waals surface area contributed by atoms with E-state index in [-0.39, 0.29) is 5.56 Å². The van der Waals surface area contributed by atoms with E-state index in [0.29, 0.717) is 45.7 Å². The fourth-order valence-electron chi connectivity index (χ4n) is 4.30. The Hall–Kier alpha value is -3.43. The van der Waals surface area contributed by atoms with E-state index in [1.807, 2.05) is 50.1 Å². The number of aromatic nitrogens is 2. The Bertz CT molecular complexity index is 1460. The third-order valence-electron chi connectivity index (χ3n) is 6.08. The molecule has 39 heavy (non-hydrogen) atoms. The molecule has 0 amide bonds. The molecule has 1 aliphatic rings. The molecule has 8 nitrogen and oxygen atoms in total. The molecule has 0 atom stereocenters. The molecule has 1 fully saturated rings. The fourth-order valence-corrected chi connectivity index (χ4v) is 4.94. The quantitative estimate of drug-likeness (QED) is 0.315. The van der Waals surface area contributed by atoms with E-state index in [0.717, 1.165) is 35.4 Å². The monoisotopic (exact) mass is 571 g/mol. The van der Waals surface area contributed by atoms with Crippen LogP contribution in [0.2, 0.25) is 10.0 Å². The second-order valence-corrected chi connectivity index (χ2v) is 9.38. The number of ether oxygens (including phenoxy) is 3. The van der Waals surface area contributed by atoms with Crippen LogP contribution in [0.1, 0.15) is 5.56 Å². The van der Waals surface area contributed by atoms with E-state index >= 15 is 0 Å². The highest BCUT2D eigenvalue weighted by Crippen LogP contribution is 2.38. The highest BCUT2D eigenvalue weighted by molar-refractivity contribution is 6.37. The zero-order chi connectivity index (χ0) is 28.5. The maximum atomic E-state index is 13.6. The first-order chi connectivity index (χ1) is 18.9. The van der Waals surface area contributed by atoms with Gasteiger partial charge in [-0.15, -0.1) is 0 Å². The number of fused-ring (bicyclic) bond motifs is 1. The molecule has 0 spiro atoms. The van der Waals surface area contributed by atoms with Gasteiger partial charge in [0, 0.05) is 43.9 Å². The molecule has 1 aromatic heterocycles. The van der Waals surface area contributed by atoms with Gasteiger partial charge in [-0.1, -0.05) is 47.5 Å². The number of rotatable bonds is 4. The van der Waals surface area contributed by atoms with E-state index in [1.165, 1.54) is 11.8 Å². The summed E-state index contributed by atoms with van der Waals surface area (Å²) < 4.78 is 16.5. The average Bonchev–Trinajstić information content (AvgIpc) is 2.96. The Labute approximate surface area is 237 Å². The van der Waals surface area contributed by atoms with Gasteiger partial charge in [0.05, 0.1) is 47.1 Å². The average molecular weight is 572 g/mol. The van der Waals surface area contributed by atoms with E-state index in [4.69, 9.17) is 42.6 Å². The van der Waals surface area contributed by atoms with Gasteiger partial charge in [0.25, 0.3) is 5.56 Å². The van der Waals surface area contributed by atoms with Crippen LogP contribution in [0.25, 0.3) is 27.7 Å². The van der Waals surface area contributed by atoms with Crippen molar-refractivity contribution < 1.29 is 19.0 Å². The highest BCUT2D eigenvalue weighted by Gasteiger charge is 2.19. The van der Waals surface area contributed by atoms with Crippen LogP contribution in [0, 0.1) is 6.92 Å². The molecule has 0 aliphatic carbocycles. The van der Waals surface area contributed by atoms with Crippen LogP contribution in [0.5, 0.6) is 5.75 Å². The molecule has 10 heteroatoms. The van der Waals surface area contributed by atoms with Crippen molar-refractivity contribution in [1.82, 2.24) is 9.78 Å². The number of halogens is 2. The number of nitrogens with zero attached hydrogens (tertiary/aromatic N) is 3. The fraction of sp³-hybridized carbons (Fsp3) is 0.276. The normalized spacial score (nSPS) is 12.7. The van der Waals surface area contributed by atoms with Gasteiger partial charge in [-0.05, 0) is 42.8 Å². The first-order valence-electron chi connectivity index (χ1n) is 12.1. The summed E-state index contributed by atoms with van der Waals surface area (Å²) in [5, 5.41) is 6.86. The van der Waals surface area contributed by atoms with Crippen molar-refractivity contribution in [2.75, 3.05) is 52.5 Å². The number of carbonyl (C=O) groups excluding carboxylic acids is 1. The van der Waals surface area contributed by atoms with Crippen molar-refractivity contribution in [3.05, 3.63) is 80.6 Å². The SMILES string of the molecule is C=O.COC.COc1c(Cl)cc(-c2nn(-c3cc(N4CCOCC4)ccc3C)c(=O)c3ccccc23)cc1Cl. The minimum Gasteiger partial charge on any atom is -0.494 e. The van der Waals surface area contributed by atoms with E-state index in [9.17, 15) is 4.79 Å². The standard InChI is InChI=1S/C26H23Cl2N3O3.C2H6O.CH2O/c1-16-7-8-18(30-9-11-34-12-10-30)15-23(16)31-26(32)20-6-4-3-5-19(20)24(29-31)17-13-21(27)25(33-2)22(28)14-17;1-3-2;1-2/h3-8,13-15H,9-12H2,1-2H3;1-2H3;1H2. The largest absolute Gasteiger partial charge is 0.494 e. The first-order valence-corrected chi connectivity index (χ1v) is 12.8. The molecule has 1 saturated heterocycles. The lowest BCUT2D eigenvalue weighted by molar-refractivity contribution is -0.0980. The summed E-state index contributed by atoms with van der Waals surface area (Å²) in [6.45, 7) is 6.94. The molecule has 206 valence electrons. The van der Waals surface area contributed by atoms with Gasteiger partial charge in [0.2, 0.25) is 0 Å². The molecule has 1 aliphatic heterocycles. The molecule has 5 rings (SSSR count). The number of benzene rings is 3. The summed E-state index contributed by atoms with van der Waals surface area (Å²) in [6.07, 6.45) is 0. The Morgan fingerprint density at radius 2 is 1.51 bits per heavy atom. The molecule has 4 aromatic rings. The number of hydrogen-bond donors (Lipinski definition) is 0. The Kier molecular flexibility index (Phi) is 10.9. The van der Waals surface area contributed by atoms with Gasteiger partial charge in [-0.3, -0.25) is 4.79 Å². The molecular formula is C29H31Cl2N3O5. The summed E-state index contributed by atoms with van der Waals surface area (Å²) in [5.41, 5.74) is 3.82. The molecule has 0 N–H and O–H groups in total. The van der Waals surface area contributed by atoms with Gasteiger partial charge in [0.15, 0.2) is 5.75 Å². The highest BCUT2D eigenvalue weighted by atomic mass is 35.5. The van der Waals surface area contributed by atoms with Crippen LogP contribution in [-0.2, 0) is 14.3 Å². The molecule has 0 saturated carbocycles. The lowest BCUT2D eigenvalue weighted by atomic mass is 10.0. The molecule has 3 aromatic carbocycles. The minimum atomic E-state index is -0.188. The van der Waals surface area contributed by atoms with Crippen molar-refractivity contribution in [3.8, 4) is 22.7 Å². The van der Waals surface area contributed by atoms with Gasteiger partial charge in [-0.25, -0.2) is 0 Å². The predicted molar refractivity (Wildman–Crippen MR) is 157 cm³/mol. The minimum absolute atomic E-state index is 0.188. The van der Waals surface area contributed by atoms with E-state index < -0.39 is 0 Å². The van der Waals surface area contributed by atoms with Gasteiger partial charge in [0.1, 0.15) is 6.79 Å². The molecule has 0 bridgehead atoms. The number of hydrogen-bond acceptors (Lipinski definition) is 7. The Morgan fingerprint density at radius 1 is 0.923 bits per heavy atom. The van der Waals surface area contributed by atoms with Crippen LogP contribution in [0.15, 0.2) is 59.4 Å². The van der Waals surface area contributed by atoms with Gasteiger partial charge >= 0.3 is 0 Å². The van der Waals surface area contributed by atoms with Crippen LogP contribution < -0.4 is 15.2 Å². The van der Waals surface area contributed by atoms with Crippen molar-refractivity contribution in [2.24, 2.45) is 0 Å². The van der Waals surface area contributed by atoms with E-state index in [1.54, 1.807) is 26.4 Å². The third-order valence-corrected chi connectivity index (χ3v) is 6.64. The summed E-state index contributed by atoms with van der Waals surface area (Å²) in [4.78, 5) is 23.8. The number of methoxy groups -OCH3 is 2. The summed E-state index contributed by atoms with van der Waals surface area (Å²) in [7, 11) is 4.77. The van der Waals surface area contributed by atoms with Crippen molar-refractivity contribution in [1.29, 1.82) is 0 Å². The van der Waals surface area contributed by atoms with Crippen LogP contribution in [0.3, 0.4) is 0 Å². The Morgan fingerprint density at radius 3 is 2.10 bits per heavy atom. The van der Waals surface area contributed by atoms with Crippen molar-refractivity contribution in [3.63, 3.8) is 0 Å². The number of anilines is 1. The lowest BCUT2D eigenvalue weighted by Crippen LogP contribution is -2.36. The Balaban J connectivity index is 0.000000787. The summed E-state index contributed by atoms with van der Waals surface area (Å²) in [5.74, 6) is 0.402. The zero-order valence-corrected chi connectivity index (χ0v) is 23.9. The number of aryl methyl sites for hydroxylation is 1. The molecule has 2 heterocycles. The summed E-state index contributed by atoms with van der Waals surface area (Å²) in [6, 6.07) is 17.0. The maximum absolute atomic E-state index is 13.6. The van der Waals surface area contributed by atoms with Crippen molar-refractivity contribution >= 4 is 46.5 Å². The van der Waals surface area contributed by atoms with Crippen LogP contribution in [-0.4, -0.2) is 64.2 Å². The second-order valence-electron chi connectivity index (χ2n) is 8.56. The second kappa shape index (κ2) is 14.1. The summed E-state index contributed by atoms with van der Waals surface area (Å²) >= 11 is 12.9. The van der Waals surface area contributed by atoms with Crippen LogP contribution >= 0.6 is 23.2 Å². The maximum Gasteiger partial charge on any atom is 0.279 e. The molecule has 0 unspecified atom stereocenters. The molecule has 0 radical (unpaired) electrons. The van der Waals surface area contributed by atoms with Crippen molar-refractivity contribution in [2.45, 2.75) is 6.92 Å². The zero-order valence-electron chi connectivity index (χ0n) is 22.4. The number of carbonyl (C=O) groups is 1. The molecular weight excluding hydrogens is 541 g/mol. The third kappa shape index (κ3) is 6.59. The number of morpholine rings is 1. The lowest BCUT2D eigenvalue weighted by Gasteiger charge is -2.29. The van der Waals surface area contributed by atoms with Gasteiger partial charge in [-0.2, -0.15) is 9.78 Å². The topological polar surface area (TPSA) is 82.9 Å². The van der Waals surface area contributed by atoms with Crippen LogP contribution in [0.4, 0.5) is 5.69 Å².